The highest BCUT2D eigenvalue weighted by molar-refractivity contribution is 7.86. The summed E-state index contributed by atoms with van der Waals surface area (Å²) in [7, 11) is -0.552. The van der Waals surface area contributed by atoms with Gasteiger partial charge in [-0.1, -0.05) is 12.1 Å². The minimum absolute atomic E-state index is 0.176. The van der Waals surface area contributed by atoms with E-state index >= 15 is 0 Å². The Balaban J connectivity index is 1.94. The van der Waals surface area contributed by atoms with Gasteiger partial charge in [0.05, 0.1) is 5.92 Å². The molecule has 0 aromatic heterocycles. The molecule has 0 radical (unpaired) electrons. The highest BCUT2D eigenvalue weighted by Gasteiger charge is 2.33. The standard InChI is InChI=1S/C15H22FN3O3S/c1-18(2)23(21,22)19-8-4-6-13(11-19)15(20)17-10-12-5-3-7-14(16)9-12/h3,5,7,9,13H,4,6,8,10-11H2,1-2H3,(H,17,20). The summed E-state index contributed by atoms with van der Waals surface area (Å²) in [4.78, 5) is 12.3. The largest absolute Gasteiger partial charge is 0.352 e. The lowest BCUT2D eigenvalue weighted by Gasteiger charge is -2.32. The average Bonchev–Trinajstić information content (AvgIpc) is 2.52. The molecular formula is C15H22FN3O3S. The molecule has 1 heterocycles. The maximum atomic E-state index is 13.1. The Labute approximate surface area is 136 Å². The molecule has 1 aliphatic rings. The van der Waals surface area contributed by atoms with Crippen LogP contribution in [-0.4, -0.2) is 50.1 Å². The molecule has 1 aliphatic heterocycles. The first-order valence-electron chi connectivity index (χ1n) is 7.50. The van der Waals surface area contributed by atoms with E-state index in [1.165, 1.54) is 30.5 Å². The van der Waals surface area contributed by atoms with E-state index in [2.05, 4.69) is 5.32 Å². The Hall–Kier alpha value is -1.51. The molecule has 1 saturated heterocycles. The monoisotopic (exact) mass is 343 g/mol. The summed E-state index contributed by atoms with van der Waals surface area (Å²) in [6, 6.07) is 6.02. The molecule has 0 saturated carbocycles. The van der Waals surface area contributed by atoms with Crippen molar-refractivity contribution in [2.45, 2.75) is 19.4 Å². The molecule has 128 valence electrons. The Kier molecular flexibility index (Phi) is 5.72. The van der Waals surface area contributed by atoms with Crippen molar-refractivity contribution in [2.75, 3.05) is 27.2 Å². The van der Waals surface area contributed by atoms with Gasteiger partial charge in [-0.25, -0.2) is 4.39 Å². The van der Waals surface area contributed by atoms with E-state index in [1.54, 1.807) is 12.1 Å². The summed E-state index contributed by atoms with van der Waals surface area (Å²) in [6.45, 7) is 0.831. The molecule has 0 aliphatic carbocycles. The molecule has 1 atom stereocenters. The molecule has 1 fully saturated rings. The summed E-state index contributed by atoms with van der Waals surface area (Å²) < 4.78 is 39.9. The van der Waals surface area contributed by atoms with Crippen molar-refractivity contribution in [1.82, 2.24) is 13.9 Å². The van der Waals surface area contributed by atoms with Gasteiger partial charge in [-0.3, -0.25) is 4.79 Å². The van der Waals surface area contributed by atoms with Crippen LogP contribution in [0, 0.1) is 11.7 Å². The second-order valence-electron chi connectivity index (χ2n) is 5.84. The van der Waals surface area contributed by atoms with Crippen LogP contribution in [0.4, 0.5) is 4.39 Å². The van der Waals surface area contributed by atoms with Crippen molar-refractivity contribution in [3.63, 3.8) is 0 Å². The smallest absolute Gasteiger partial charge is 0.281 e. The molecule has 0 bridgehead atoms. The fourth-order valence-electron chi connectivity index (χ4n) is 2.58. The van der Waals surface area contributed by atoms with Crippen LogP contribution < -0.4 is 5.32 Å². The predicted octanol–water partition coefficient (Wildman–Crippen LogP) is 0.960. The number of benzene rings is 1. The highest BCUT2D eigenvalue weighted by atomic mass is 32.2. The first-order valence-corrected chi connectivity index (χ1v) is 8.90. The molecule has 23 heavy (non-hydrogen) atoms. The topological polar surface area (TPSA) is 69.7 Å². The van der Waals surface area contributed by atoms with Crippen LogP contribution in [0.2, 0.25) is 0 Å². The van der Waals surface area contributed by atoms with Crippen LogP contribution in [0.5, 0.6) is 0 Å². The first-order chi connectivity index (χ1) is 10.8. The first kappa shape index (κ1) is 17.8. The Morgan fingerprint density at radius 2 is 2.17 bits per heavy atom. The maximum absolute atomic E-state index is 13.1. The van der Waals surface area contributed by atoms with E-state index in [4.69, 9.17) is 0 Å². The average molecular weight is 343 g/mol. The van der Waals surface area contributed by atoms with Crippen molar-refractivity contribution >= 4 is 16.1 Å². The number of nitrogens with zero attached hydrogens (tertiary/aromatic N) is 2. The Morgan fingerprint density at radius 1 is 1.43 bits per heavy atom. The van der Waals surface area contributed by atoms with Crippen LogP contribution in [-0.2, 0) is 21.5 Å². The van der Waals surface area contributed by atoms with Gasteiger partial charge in [-0.05, 0) is 30.5 Å². The van der Waals surface area contributed by atoms with Gasteiger partial charge in [-0.2, -0.15) is 17.0 Å². The van der Waals surface area contributed by atoms with Gasteiger partial charge in [0, 0.05) is 33.7 Å². The second-order valence-corrected chi connectivity index (χ2v) is 7.98. The third-order valence-electron chi connectivity index (χ3n) is 3.90. The predicted molar refractivity (Wildman–Crippen MR) is 85.2 cm³/mol. The normalized spacial score (nSPS) is 19.7. The van der Waals surface area contributed by atoms with Crippen LogP contribution in [0.15, 0.2) is 24.3 Å². The SMILES string of the molecule is CN(C)S(=O)(=O)N1CCCC(C(=O)NCc2cccc(F)c2)C1. The van der Waals surface area contributed by atoms with Gasteiger partial charge >= 0.3 is 0 Å². The van der Waals surface area contributed by atoms with Gasteiger partial charge in [0.15, 0.2) is 0 Å². The number of halogens is 1. The molecule has 1 unspecified atom stereocenters. The van der Waals surface area contributed by atoms with E-state index in [-0.39, 0.29) is 30.7 Å². The van der Waals surface area contributed by atoms with Crippen molar-refractivity contribution in [2.24, 2.45) is 5.92 Å². The molecule has 1 amide bonds. The fourth-order valence-corrected chi connectivity index (χ4v) is 3.77. The van der Waals surface area contributed by atoms with Crippen LogP contribution in [0.3, 0.4) is 0 Å². The molecule has 0 spiro atoms. The molecular weight excluding hydrogens is 321 g/mol. The highest BCUT2D eigenvalue weighted by Crippen LogP contribution is 2.20. The summed E-state index contributed by atoms with van der Waals surface area (Å²) in [5.74, 6) is -0.933. The summed E-state index contributed by atoms with van der Waals surface area (Å²) >= 11 is 0. The minimum Gasteiger partial charge on any atom is -0.352 e. The summed E-state index contributed by atoms with van der Waals surface area (Å²) in [5, 5.41) is 2.76. The van der Waals surface area contributed by atoms with Crippen molar-refractivity contribution in [1.29, 1.82) is 0 Å². The molecule has 1 N–H and O–H groups in total. The second kappa shape index (κ2) is 7.37. The zero-order valence-electron chi connectivity index (χ0n) is 13.3. The van der Waals surface area contributed by atoms with Gasteiger partial charge in [0.25, 0.3) is 10.2 Å². The van der Waals surface area contributed by atoms with Gasteiger partial charge in [0.2, 0.25) is 5.91 Å². The molecule has 2 rings (SSSR count). The summed E-state index contributed by atoms with van der Waals surface area (Å²) in [5.41, 5.74) is 0.673. The van der Waals surface area contributed by atoms with Crippen molar-refractivity contribution in [3.05, 3.63) is 35.6 Å². The zero-order chi connectivity index (χ0) is 17.0. The third kappa shape index (κ3) is 4.49. The third-order valence-corrected chi connectivity index (χ3v) is 5.81. The lowest BCUT2D eigenvalue weighted by molar-refractivity contribution is -0.126. The number of rotatable bonds is 5. The number of hydrogen-bond acceptors (Lipinski definition) is 3. The molecule has 6 nitrogen and oxygen atoms in total. The van der Waals surface area contributed by atoms with Gasteiger partial charge in [0.1, 0.15) is 5.82 Å². The minimum atomic E-state index is -3.50. The maximum Gasteiger partial charge on any atom is 0.281 e. The number of amides is 1. The number of carbonyl (C=O) groups is 1. The van der Waals surface area contributed by atoms with E-state index in [0.29, 0.717) is 24.9 Å². The van der Waals surface area contributed by atoms with Crippen LogP contribution >= 0.6 is 0 Å². The lowest BCUT2D eigenvalue weighted by atomic mass is 9.99. The Morgan fingerprint density at radius 3 is 2.83 bits per heavy atom. The van der Waals surface area contributed by atoms with E-state index in [1.807, 2.05) is 0 Å². The molecule has 1 aromatic carbocycles. The number of carbonyl (C=O) groups excluding carboxylic acids is 1. The van der Waals surface area contributed by atoms with Gasteiger partial charge in [-0.15, -0.1) is 0 Å². The fraction of sp³-hybridized carbons (Fsp3) is 0.533. The molecule has 8 heteroatoms. The van der Waals surface area contributed by atoms with Crippen molar-refractivity contribution < 1.29 is 17.6 Å². The van der Waals surface area contributed by atoms with Gasteiger partial charge < -0.3 is 5.32 Å². The van der Waals surface area contributed by atoms with Crippen molar-refractivity contribution in [3.8, 4) is 0 Å². The van der Waals surface area contributed by atoms with E-state index in [9.17, 15) is 17.6 Å². The quantitative estimate of drug-likeness (QED) is 0.866. The number of piperidine rings is 1. The number of hydrogen-bond donors (Lipinski definition) is 1. The van der Waals surface area contributed by atoms with Crippen LogP contribution in [0.25, 0.3) is 0 Å². The Bertz CT molecular complexity index is 664. The molecule has 1 aromatic rings. The lowest BCUT2D eigenvalue weighted by Crippen LogP contribution is -2.48. The van der Waals surface area contributed by atoms with Crippen LogP contribution in [0.1, 0.15) is 18.4 Å². The zero-order valence-corrected chi connectivity index (χ0v) is 14.1. The van der Waals surface area contributed by atoms with E-state index < -0.39 is 10.2 Å². The number of nitrogens with one attached hydrogen (secondary N) is 1. The van der Waals surface area contributed by atoms with E-state index in [0.717, 1.165) is 4.31 Å². The summed E-state index contributed by atoms with van der Waals surface area (Å²) in [6.07, 6.45) is 1.29.